The van der Waals surface area contributed by atoms with E-state index in [-0.39, 0.29) is 16.3 Å². The van der Waals surface area contributed by atoms with Crippen molar-refractivity contribution >= 4 is 15.5 Å². The first-order chi connectivity index (χ1) is 9.03. The highest BCUT2D eigenvalue weighted by molar-refractivity contribution is 7.90. The van der Waals surface area contributed by atoms with Crippen LogP contribution < -0.4 is 10.5 Å². The molecule has 2 N–H and O–H groups in total. The molecule has 2 aromatic rings. The molecule has 0 amide bonds. The molecule has 0 fully saturated rings. The van der Waals surface area contributed by atoms with E-state index < -0.39 is 9.84 Å². The third-order valence-electron chi connectivity index (χ3n) is 2.58. The van der Waals surface area contributed by atoms with Crippen LogP contribution in [0.1, 0.15) is 5.69 Å². The van der Waals surface area contributed by atoms with Crippen LogP contribution in [-0.2, 0) is 15.6 Å². The molecule has 0 atom stereocenters. The van der Waals surface area contributed by atoms with Gasteiger partial charge in [0.05, 0.1) is 29.1 Å². The largest absolute Gasteiger partial charge is 0.481 e. The van der Waals surface area contributed by atoms with Crippen LogP contribution in [-0.4, -0.2) is 20.5 Å². The van der Waals surface area contributed by atoms with Crippen molar-refractivity contribution in [3.8, 4) is 5.88 Å². The Hall–Kier alpha value is -2.08. The van der Waals surface area contributed by atoms with Crippen molar-refractivity contribution < 1.29 is 13.2 Å². The average Bonchev–Trinajstić information content (AvgIpc) is 2.38. The SMILES string of the molecule is COc1cccc(CS(=O)(=O)c2ccccc2N)n1. The van der Waals surface area contributed by atoms with E-state index in [1.165, 1.54) is 13.2 Å². The molecule has 0 bridgehead atoms. The lowest BCUT2D eigenvalue weighted by Crippen LogP contribution is -2.09. The van der Waals surface area contributed by atoms with Gasteiger partial charge in [0, 0.05) is 6.07 Å². The number of ether oxygens (including phenoxy) is 1. The topological polar surface area (TPSA) is 82.3 Å². The third kappa shape index (κ3) is 3.03. The van der Waals surface area contributed by atoms with Gasteiger partial charge in [-0.15, -0.1) is 0 Å². The summed E-state index contributed by atoms with van der Waals surface area (Å²) in [7, 11) is -2.03. The summed E-state index contributed by atoms with van der Waals surface area (Å²) in [5.74, 6) is 0.173. The van der Waals surface area contributed by atoms with E-state index in [4.69, 9.17) is 10.5 Å². The first kappa shape index (κ1) is 13.4. The standard InChI is InChI=1S/C13H14N2O3S/c1-18-13-8-4-5-10(15-13)9-19(16,17)12-7-3-2-6-11(12)14/h2-8H,9,14H2,1H3. The maximum Gasteiger partial charge on any atom is 0.213 e. The molecule has 0 unspecified atom stereocenters. The van der Waals surface area contributed by atoms with E-state index in [0.717, 1.165) is 0 Å². The van der Waals surface area contributed by atoms with Crippen LogP contribution in [0.3, 0.4) is 0 Å². The molecular weight excluding hydrogens is 264 g/mol. The van der Waals surface area contributed by atoms with Gasteiger partial charge in [-0.25, -0.2) is 13.4 Å². The van der Waals surface area contributed by atoms with E-state index in [1.54, 1.807) is 36.4 Å². The number of pyridine rings is 1. The van der Waals surface area contributed by atoms with Crippen LogP contribution in [0.2, 0.25) is 0 Å². The van der Waals surface area contributed by atoms with Crippen molar-refractivity contribution in [1.82, 2.24) is 4.98 Å². The van der Waals surface area contributed by atoms with Crippen LogP contribution in [0.4, 0.5) is 5.69 Å². The minimum atomic E-state index is -3.51. The molecular formula is C13H14N2O3S. The van der Waals surface area contributed by atoms with E-state index >= 15 is 0 Å². The first-order valence-electron chi connectivity index (χ1n) is 5.60. The Labute approximate surface area is 112 Å². The highest BCUT2D eigenvalue weighted by Crippen LogP contribution is 2.22. The second-order valence-electron chi connectivity index (χ2n) is 3.97. The van der Waals surface area contributed by atoms with Crippen LogP contribution in [0.15, 0.2) is 47.4 Å². The van der Waals surface area contributed by atoms with Gasteiger partial charge in [0.25, 0.3) is 0 Å². The zero-order chi connectivity index (χ0) is 13.9. The Kier molecular flexibility index (Phi) is 3.71. The second kappa shape index (κ2) is 5.27. The molecule has 0 saturated carbocycles. The fraction of sp³-hybridized carbons (Fsp3) is 0.154. The lowest BCUT2D eigenvalue weighted by Gasteiger charge is -2.07. The van der Waals surface area contributed by atoms with E-state index in [0.29, 0.717) is 11.6 Å². The predicted molar refractivity (Wildman–Crippen MR) is 72.5 cm³/mol. The molecule has 0 saturated heterocycles. The monoisotopic (exact) mass is 278 g/mol. The Morgan fingerprint density at radius 2 is 1.89 bits per heavy atom. The number of sulfone groups is 1. The molecule has 0 aliphatic heterocycles. The van der Waals surface area contributed by atoms with Gasteiger partial charge in [-0.1, -0.05) is 18.2 Å². The second-order valence-corrected chi connectivity index (χ2v) is 5.93. The zero-order valence-electron chi connectivity index (χ0n) is 10.4. The number of nitrogen functional groups attached to an aromatic ring is 1. The molecule has 1 aromatic carbocycles. The van der Waals surface area contributed by atoms with Crippen molar-refractivity contribution in [2.75, 3.05) is 12.8 Å². The average molecular weight is 278 g/mol. The minimum Gasteiger partial charge on any atom is -0.481 e. The minimum absolute atomic E-state index is 0.125. The summed E-state index contributed by atoms with van der Waals surface area (Å²) in [5, 5.41) is 0. The fourth-order valence-electron chi connectivity index (χ4n) is 1.69. The van der Waals surface area contributed by atoms with E-state index in [2.05, 4.69) is 4.98 Å². The number of anilines is 1. The maximum absolute atomic E-state index is 12.3. The van der Waals surface area contributed by atoms with Crippen molar-refractivity contribution in [3.05, 3.63) is 48.2 Å². The van der Waals surface area contributed by atoms with Crippen LogP contribution in [0.25, 0.3) is 0 Å². The molecule has 0 radical (unpaired) electrons. The molecule has 19 heavy (non-hydrogen) atoms. The number of hydrogen-bond donors (Lipinski definition) is 1. The van der Waals surface area contributed by atoms with Crippen LogP contribution in [0.5, 0.6) is 5.88 Å². The smallest absolute Gasteiger partial charge is 0.213 e. The summed E-state index contributed by atoms with van der Waals surface area (Å²) in [5.41, 5.74) is 6.35. The van der Waals surface area contributed by atoms with E-state index in [9.17, 15) is 8.42 Å². The van der Waals surface area contributed by atoms with Gasteiger partial charge in [0.1, 0.15) is 0 Å². The molecule has 6 heteroatoms. The van der Waals surface area contributed by atoms with E-state index in [1.807, 2.05) is 0 Å². The Morgan fingerprint density at radius 3 is 2.58 bits per heavy atom. The van der Waals surface area contributed by atoms with Crippen molar-refractivity contribution in [3.63, 3.8) is 0 Å². The number of benzene rings is 1. The Balaban J connectivity index is 2.34. The number of nitrogens with two attached hydrogens (primary N) is 1. The summed E-state index contributed by atoms with van der Waals surface area (Å²) in [6.45, 7) is 0. The molecule has 1 aromatic heterocycles. The van der Waals surface area contributed by atoms with Gasteiger partial charge in [-0.2, -0.15) is 0 Å². The highest BCUT2D eigenvalue weighted by Gasteiger charge is 2.18. The summed E-state index contributed by atoms with van der Waals surface area (Å²) < 4.78 is 29.5. The quantitative estimate of drug-likeness (QED) is 0.860. The fourth-order valence-corrected chi connectivity index (χ4v) is 3.11. The number of para-hydroxylation sites is 1. The van der Waals surface area contributed by atoms with Crippen molar-refractivity contribution in [1.29, 1.82) is 0 Å². The number of aromatic nitrogens is 1. The van der Waals surface area contributed by atoms with Crippen LogP contribution in [0, 0.1) is 0 Å². The normalized spacial score (nSPS) is 11.2. The Bertz CT molecular complexity index is 684. The predicted octanol–water partition coefficient (Wildman–Crippen LogP) is 1.65. The number of nitrogens with zero attached hydrogens (tertiary/aromatic N) is 1. The third-order valence-corrected chi connectivity index (χ3v) is 4.30. The summed E-state index contributed by atoms with van der Waals surface area (Å²) in [6.07, 6.45) is 0. The van der Waals surface area contributed by atoms with Gasteiger partial charge in [0.15, 0.2) is 9.84 Å². The molecule has 1 heterocycles. The van der Waals surface area contributed by atoms with Gasteiger partial charge >= 0.3 is 0 Å². The van der Waals surface area contributed by atoms with Gasteiger partial charge in [0.2, 0.25) is 5.88 Å². The zero-order valence-corrected chi connectivity index (χ0v) is 11.2. The van der Waals surface area contributed by atoms with Gasteiger partial charge in [-0.3, -0.25) is 0 Å². The van der Waals surface area contributed by atoms with Crippen molar-refractivity contribution in [2.24, 2.45) is 0 Å². The van der Waals surface area contributed by atoms with Crippen molar-refractivity contribution in [2.45, 2.75) is 10.6 Å². The summed E-state index contributed by atoms with van der Waals surface area (Å²) in [4.78, 5) is 4.21. The number of methoxy groups -OCH3 is 1. The molecule has 5 nitrogen and oxygen atoms in total. The van der Waals surface area contributed by atoms with Gasteiger partial charge in [-0.05, 0) is 18.2 Å². The van der Waals surface area contributed by atoms with Gasteiger partial charge < -0.3 is 10.5 Å². The lowest BCUT2D eigenvalue weighted by molar-refractivity contribution is 0.396. The number of rotatable bonds is 4. The molecule has 0 spiro atoms. The first-order valence-corrected chi connectivity index (χ1v) is 7.25. The van der Waals surface area contributed by atoms with Crippen LogP contribution >= 0.6 is 0 Å². The lowest BCUT2D eigenvalue weighted by atomic mass is 10.3. The molecule has 0 aliphatic rings. The Morgan fingerprint density at radius 1 is 1.16 bits per heavy atom. The highest BCUT2D eigenvalue weighted by atomic mass is 32.2. The molecule has 2 rings (SSSR count). The summed E-state index contributed by atoms with van der Waals surface area (Å²) >= 11 is 0. The number of hydrogen-bond acceptors (Lipinski definition) is 5. The summed E-state index contributed by atoms with van der Waals surface area (Å²) in [6, 6.07) is 11.4. The molecule has 0 aliphatic carbocycles. The molecule has 100 valence electrons. The maximum atomic E-state index is 12.3.